The molecule has 1 heterocycles. The van der Waals surface area contributed by atoms with Gasteiger partial charge in [0.15, 0.2) is 0 Å². The smallest absolute Gasteiger partial charge is 0.408 e. The van der Waals surface area contributed by atoms with Gasteiger partial charge >= 0.3 is 12.1 Å². The molecule has 0 aliphatic rings. The molecule has 23 heavy (non-hydrogen) atoms. The van der Waals surface area contributed by atoms with Crippen molar-refractivity contribution in [3.8, 4) is 0 Å². The third-order valence-corrected chi connectivity index (χ3v) is 3.97. The summed E-state index contributed by atoms with van der Waals surface area (Å²) < 4.78 is 5.15. The number of carbonyl (C=O) groups excluding carboxylic acids is 1. The number of aromatic nitrogens is 1. The highest BCUT2D eigenvalue weighted by molar-refractivity contribution is 8.13. The van der Waals surface area contributed by atoms with E-state index in [2.05, 4.69) is 15.3 Å². The molecular formula is C14H21N3O4S2. The normalized spacial score (nSPS) is 13.5. The standard InChI is InChI=1S/C14H21N3O4S2/c1-8(12(18)19)16-11(22-5)9-7-23-10(17-9)6-15-13(20)21-14(2,3)4/h7-8H,6H2,1-5H3,(H,15,20)(H,18,19)/t8-/m1/s1. The highest BCUT2D eigenvalue weighted by atomic mass is 32.2. The van der Waals surface area contributed by atoms with Crippen LogP contribution in [-0.4, -0.2) is 45.1 Å². The molecule has 0 aliphatic heterocycles. The number of amides is 1. The minimum absolute atomic E-state index is 0.246. The molecule has 1 rings (SSSR count). The molecule has 7 nitrogen and oxygen atoms in total. The van der Waals surface area contributed by atoms with Gasteiger partial charge in [0.2, 0.25) is 0 Å². The first-order chi connectivity index (χ1) is 10.6. The number of thioether (sulfide) groups is 1. The van der Waals surface area contributed by atoms with Gasteiger partial charge in [0.1, 0.15) is 27.4 Å². The number of ether oxygens (including phenoxy) is 1. The van der Waals surface area contributed by atoms with E-state index >= 15 is 0 Å². The Kier molecular flexibility index (Phi) is 7.01. The quantitative estimate of drug-likeness (QED) is 0.619. The van der Waals surface area contributed by atoms with Crippen LogP contribution < -0.4 is 5.32 Å². The molecule has 0 fully saturated rings. The number of thiazole rings is 1. The minimum atomic E-state index is -0.987. The molecule has 128 valence electrons. The lowest BCUT2D eigenvalue weighted by Gasteiger charge is -2.19. The summed E-state index contributed by atoms with van der Waals surface area (Å²) in [5.74, 6) is -0.987. The lowest BCUT2D eigenvalue weighted by molar-refractivity contribution is -0.137. The maximum atomic E-state index is 11.6. The van der Waals surface area contributed by atoms with Crippen LogP contribution in [0, 0.1) is 0 Å². The number of rotatable bonds is 5. The number of nitrogens with zero attached hydrogens (tertiary/aromatic N) is 2. The molecule has 1 amide bonds. The van der Waals surface area contributed by atoms with E-state index in [1.807, 2.05) is 6.26 Å². The average molecular weight is 359 g/mol. The van der Waals surface area contributed by atoms with Crippen molar-refractivity contribution < 1.29 is 19.4 Å². The van der Waals surface area contributed by atoms with Crippen LogP contribution in [0.5, 0.6) is 0 Å². The number of hydrogen-bond donors (Lipinski definition) is 2. The molecule has 0 aliphatic carbocycles. The lowest BCUT2D eigenvalue weighted by atomic mass is 10.2. The molecule has 9 heteroatoms. The van der Waals surface area contributed by atoms with E-state index in [0.717, 1.165) is 0 Å². The van der Waals surface area contributed by atoms with Gasteiger partial charge in [-0.1, -0.05) is 0 Å². The Balaban J connectivity index is 2.70. The Morgan fingerprint density at radius 1 is 1.52 bits per heavy atom. The van der Waals surface area contributed by atoms with Gasteiger partial charge in [-0.15, -0.1) is 23.1 Å². The third-order valence-electron chi connectivity index (χ3n) is 2.42. The maximum absolute atomic E-state index is 11.6. The summed E-state index contributed by atoms with van der Waals surface area (Å²) >= 11 is 2.70. The van der Waals surface area contributed by atoms with Gasteiger partial charge in [-0.2, -0.15) is 0 Å². The summed E-state index contributed by atoms with van der Waals surface area (Å²) in [5.41, 5.74) is 0.0561. The summed E-state index contributed by atoms with van der Waals surface area (Å²) in [6, 6.07) is -0.831. The fraction of sp³-hybridized carbons (Fsp3) is 0.571. The van der Waals surface area contributed by atoms with E-state index in [9.17, 15) is 9.59 Å². The highest BCUT2D eigenvalue weighted by Crippen LogP contribution is 2.17. The van der Waals surface area contributed by atoms with Gasteiger partial charge in [-0.3, -0.25) is 4.99 Å². The van der Waals surface area contributed by atoms with E-state index < -0.39 is 23.7 Å². The van der Waals surface area contributed by atoms with Gasteiger partial charge in [-0.25, -0.2) is 14.6 Å². The second kappa shape index (κ2) is 8.30. The van der Waals surface area contributed by atoms with Crippen molar-refractivity contribution in [2.24, 2.45) is 4.99 Å². The summed E-state index contributed by atoms with van der Waals surface area (Å²) in [7, 11) is 0. The number of nitrogens with one attached hydrogen (secondary N) is 1. The summed E-state index contributed by atoms with van der Waals surface area (Å²) in [5, 5.41) is 14.6. The molecular weight excluding hydrogens is 338 g/mol. The van der Waals surface area contributed by atoms with Crippen LogP contribution in [0.1, 0.15) is 38.4 Å². The van der Waals surface area contributed by atoms with Gasteiger partial charge in [-0.05, 0) is 34.0 Å². The van der Waals surface area contributed by atoms with E-state index in [1.165, 1.54) is 30.0 Å². The van der Waals surface area contributed by atoms with Gasteiger partial charge in [0.25, 0.3) is 0 Å². The van der Waals surface area contributed by atoms with E-state index in [-0.39, 0.29) is 6.54 Å². The second-order valence-electron chi connectivity index (χ2n) is 5.63. The molecule has 0 spiro atoms. The van der Waals surface area contributed by atoms with Gasteiger partial charge in [0, 0.05) is 5.38 Å². The van der Waals surface area contributed by atoms with E-state index in [1.54, 1.807) is 26.2 Å². The van der Waals surface area contributed by atoms with Crippen molar-refractivity contribution in [3.63, 3.8) is 0 Å². The van der Waals surface area contributed by atoms with Crippen LogP contribution in [0.3, 0.4) is 0 Å². The molecule has 0 bridgehead atoms. The number of carbonyl (C=O) groups is 2. The second-order valence-corrected chi connectivity index (χ2v) is 7.37. The van der Waals surface area contributed by atoms with Crippen LogP contribution in [0.2, 0.25) is 0 Å². The topological polar surface area (TPSA) is 101 Å². The maximum Gasteiger partial charge on any atom is 0.408 e. The molecule has 1 aromatic heterocycles. The average Bonchev–Trinajstić information content (AvgIpc) is 2.89. The Morgan fingerprint density at radius 3 is 2.70 bits per heavy atom. The Labute approximate surface area is 143 Å². The van der Waals surface area contributed by atoms with Crippen LogP contribution in [-0.2, 0) is 16.1 Å². The number of carboxylic acids is 1. The summed E-state index contributed by atoms with van der Waals surface area (Å²) in [6.07, 6.45) is 1.30. The largest absolute Gasteiger partial charge is 0.480 e. The highest BCUT2D eigenvalue weighted by Gasteiger charge is 2.17. The Hall–Kier alpha value is -1.61. The van der Waals surface area contributed by atoms with Crippen molar-refractivity contribution in [3.05, 3.63) is 16.1 Å². The van der Waals surface area contributed by atoms with Crippen molar-refractivity contribution in [1.29, 1.82) is 0 Å². The molecule has 1 atom stereocenters. The van der Waals surface area contributed by atoms with Gasteiger partial charge in [0.05, 0.1) is 6.54 Å². The zero-order valence-electron chi connectivity index (χ0n) is 13.7. The molecule has 0 aromatic carbocycles. The number of carboxylic acid groups (broad SMARTS) is 1. The first kappa shape index (κ1) is 19.4. The number of hydrogen-bond acceptors (Lipinski definition) is 7. The first-order valence-electron chi connectivity index (χ1n) is 6.88. The number of alkyl carbamates (subject to hydrolysis) is 1. The molecule has 0 saturated carbocycles. The van der Waals surface area contributed by atoms with E-state index in [0.29, 0.717) is 15.7 Å². The number of aliphatic carboxylic acids is 1. The minimum Gasteiger partial charge on any atom is -0.480 e. The zero-order chi connectivity index (χ0) is 17.6. The summed E-state index contributed by atoms with van der Waals surface area (Å²) in [4.78, 5) is 31.0. The molecule has 0 radical (unpaired) electrons. The molecule has 2 N–H and O–H groups in total. The SMILES string of the molecule is CSC(=N[C@H](C)C(=O)O)c1csc(CNC(=O)OC(C)(C)C)n1. The lowest BCUT2D eigenvalue weighted by Crippen LogP contribution is -2.32. The first-order valence-corrected chi connectivity index (χ1v) is 8.99. The van der Waals surface area contributed by atoms with Crippen molar-refractivity contribution in [2.45, 2.75) is 45.9 Å². The van der Waals surface area contributed by atoms with Crippen molar-refractivity contribution >= 4 is 40.2 Å². The van der Waals surface area contributed by atoms with Gasteiger partial charge < -0.3 is 15.2 Å². The molecule has 0 unspecified atom stereocenters. The van der Waals surface area contributed by atoms with Crippen LogP contribution in [0.15, 0.2) is 10.4 Å². The van der Waals surface area contributed by atoms with E-state index in [4.69, 9.17) is 9.84 Å². The third kappa shape index (κ3) is 7.00. The fourth-order valence-electron chi connectivity index (χ4n) is 1.41. The van der Waals surface area contributed by atoms with Crippen molar-refractivity contribution in [2.75, 3.05) is 6.26 Å². The number of aliphatic imine (C=N–C) groups is 1. The monoisotopic (exact) mass is 359 g/mol. The summed E-state index contributed by atoms with van der Waals surface area (Å²) in [6.45, 7) is 7.13. The van der Waals surface area contributed by atoms with Crippen LogP contribution in [0.25, 0.3) is 0 Å². The predicted octanol–water partition coefficient (Wildman–Crippen LogP) is 2.75. The Bertz CT molecular complexity index is 593. The van der Waals surface area contributed by atoms with Crippen LogP contribution >= 0.6 is 23.1 Å². The van der Waals surface area contributed by atoms with Crippen LogP contribution in [0.4, 0.5) is 4.79 Å². The molecule has 1 aromatic rings. The predicted molar refractivity (Wildman–Crippen MR) is 92.3 cm³/mol. The fourth-order valence-corrected chi connectivity index (χ4v) is 2.78. The van der Waals surface area contributed by atoms with Crippen molar-refractivity contribution in [1.82, 2.24) is 10.3 Å². The molecule has 0 saturated heterocycles. The zero-order valence-corrected chi connectivity index (χ0v) is 15.4. The Morgan fingerprint density at radius 2 is 2.17 bits per heavy atom.